The first-order chi connectivity index (χ1) is 10.3. The molecule has 0 nitrogen and oxygen atoms in total. The van der Waals surface area contributed by atoms with E-state index in [0.717, 1.165) is 16.5 Å². The van der Waals surface area contributed by atoms with E-state index in [1.165, 1.54) is 21.9 Å². The predicted molar refractivity (Wildman–Crippen MR) is 85.8 cm³/mol. The number of hydrogen-bond donors (Lipinski definition) is 0. The molecule has 0 unspecified atom stereocenters. The van der Waals surface area contributed by atoms with Crippen molar-refractivity contribution in [1.82, 2.24) is 0 Å². The third-order valence-electron chi connectivity index (χ3n) is 4.48. The van der Waals surface area contributed by atoms with Gasteiger partial charge in [-0.1, -0.05) is 60.7 Å². The SMILES string of the molecule is Fc1ccc2c3c(cccc13)-c1c-2ccc2ccccc12. The van der Waals surface area contributed by atoms with Crippen molar-refractivity contribution >= 4 is 21.5 Å². The van der Waals surface area contributed by atoms with Crippen LogP contribution in [0.1, 0.15) is 0 Å². The highest BCUT2D eigenvalue weighted by molar-refractivity contribution is 6.21. The second-order valence-electron chi connectivity index (χ2n) is 5.53. The van der Waals surface area contributed by atoms with Crippen molar-refractivity contribution in [2.75, 3.05) is 0 Å². The molecule has 4 aromatic carbocycles. The average Bonchev–Trinajstić information content (AvgIpc) is 2.87. The minimum absolute atomic E-state index is 0.146. The molecule has 0 bridgehead atoms. The molecule has 1 heteroatoms. The number of rotatable bonds is 0. The van der Waals surface area contributed by atoms with Gasteiger partial charge in [0.05, 0.1) is 0 Å². The maximum Gasteiger partial charge on any atom is 0.131 e. The van der Waals surface area contributed by atoms with Crippen LogP contribution >= 0.6 is 0 Å². The Hall–Kier alpha value is -2.67. The van der Waals surface area contributed by atoms with Crippen molar-refractivity contribution in [3.63, 3.8) is 0 Å². The van der Waals surface area contributed by atoms with Crippen LogP contribution in [0.3, 0.4) is 0 Å². The maximum atomic E-state index is 14.1. The Bertz CT molecular complexity index is 1040. The Morgan fingerprint density at radius 3 is 2.33 bits per heavy atom. The molecular weight excluding hydrogens is 259 g/mol. The van der Waals surface area contributed by atoms with Gasteiger partial charge in [0.15, 0.2) is 0 Å². The summed E-state index contributed by atoms with van der Waals surface area (Å²) in [5.41, 5.74) is 4.73. The Labute approximate surface area is 121 Å². The topological polar surface area (TPSA) is 0 Å². The second-order valence-corrected chi connectivity index (χ2v) is 5.53. The van der Waals surface area contributed by atoms with E-state index in [-0.39, 0.29) is 5.82 Å². The van der Waals surface area contributed by atoms with Crippen LogP contribution in [0.25, 0.3) is 43.8 Å². The van der Waals surface area contributed by atoms with E-state index in [0.29, 0.717) is 5.39 Å². The molecule has 0 aliphatic heterocycles. The second kappa shape index (κ2) is 3.70. The van der Waals surface area contributed by atoms with Crippen LogP contribution in [0.4, 0.5) is 4.39 Å². The summed E-state index contributed by atoms with van der Waals surface area (Å²) < 4.78 is 14.1. The zero-order valence-electron chi connectivity index (χ0n) is 11.2. The van der Waals surface area contributed by atoms with E-state index < -0.39 is 0 Å². The number of fused-ring (bicyclic) bond motifs is 5. The lowest BCUT2D eigenvalue weighted by Gasteiger charge is -2.06. The molecule has 0 saturated heterocycles. The summed E-state index contributed by atoms with van der Waals surface area (Å²) in [6, 6.07) is 22.1. The van der Waals surface area contributed by atoms with Crippen LogP contribution in [0.2, 0.25) is 0 Å². The van der Waals surface area contributed by atoms with Gasteiger partial charge >= 0.3 is 0 Å². The van der Waals surface area contributed by atoms with Crippen LogP contribution in [-0.4, -0.2) is 0 Å². The van der Waals surface area contributed by atoms with Gasteiger partial charge in [0.2, 0.25) is 0 Å². The highest BCUT2D eigenvalue weighted by Crippen LogP contribution is 2.50. The summed E-state index contributed by atoms with van der Waals surface area (Å²) >= 11 is 0. The van der Waals surface area contributed by atoms with Gasteiger partial charge < -0.3 is 0 Å². The van der Waals surface area contributed by atoms with Gasteiger partial charge in [-0.2, -0.15) is 0 Å². The standard InChI is InChI=1S/C20H11F/c21-18-11-10-15-14-9-8-12-4-1-2-5-13(12)19(14)17-7-3-6-16(18)20(15)17/h1-11H. The van der Waals surface area contributed by atoms with Crippen molar-refractivity contribution in [3.05, 3.63) is 72.5 Å². The molecule has 0 spiro atoms. The fraction of sp³-hybridized carbons (Fsp3) is 0. The largest absolute Gasteiger partial charge is 0.206 e. The lowest BCUT2D eigenvalue weighted by Crippen LogP contribution is -1.80. The minimum Gasteiger partial charge on any atom is -0.206 e. The quantitative estimate of drug-likeness (QED) is 0.334. The summed E-state index contributed by atoms with van der Waals surface area (Å²) in [4.78, 5) is 0. The van der Waals surface area contributed by atoms with Gasteiger partial charge in [0, 0.05) is 10.8 Å². The van der Waals surface area contributed by atoms with Gasteiger partial charge in [0.1, 0.15) is 5.82 Å². The Morgan fingerprint density at radius 2 is 1.38 bits per heavy atom. The highest BCUT2D eigenvalue weighted by atomic mass is 19.1. The first-order valence-corrected chi connectivity index (χ1v) is 7.08. The average molecular weight is 270 g/mol. The van der Waals surface area contributed by atoms with Crippen LogP contribution in [0.15, 0.2) is 66.7 Å². The molecule has 21 heavy (non-hydrogen) atoms. The Kier molecular flexibility index (Phi) is 1.95. The zero-order valence-corrected chi connectivity index (χ0v) is 11.2. The normalized spacial score (nSPS) is 12.0. The molecule has 1 aliphatic rings. The van der Waals surface area contributed by atoms with E-state index in [1.807, 2.05) is 18.2 Å². The molecule has 1 aliphatic carbocycles. The molecule has 98 valence electrons. The summed E-state index contributed by atoms with van der Waals surface area (Å²) in [7, 11) is 0. The lowest BCUT2D eigenvalue weighted by atomic mass is 9.97. The first kappa shape index (κ1) is 11.0. The number of halogens is 1. The highest BCUT2D eigenvalue weighted by Gasteiger charge is 2.23. The third-order valence-corrected chi connectivity index (χ3v) is 4.48. The molecule has 5 rings (SSSR count). The third kappa shape index (κ3) is 1.28. The molecule has 0 amide bonds. The fourth-order valence-corrected chi connectivity index (χ4v) is 3.59. The summed E-state index contributed by atoms with van der Waals surface area (Å²) in [6.45, 7) is 0. The predicted octanol–water partition coefficient (Wildman–Crippen LogP) is 5.78. The van der Waals surface area contributed by atoms with E-state index >= 15 is 0 Å². The van der Waals surface area contributed by atoms with Gasteiger partial charge in [-0.15, -0.1) is 0 Å². The first-order valence-electron chi connectivity index (χ1n) is 7.08. The molecule has 0 N–H and O–H groups in total. The van der Waals surface area contributed by atoms with Gasteiger partial charge in [-0.3, -0.25) is 0 Å². The lowest BCUT2D eigenvalue weighted by molar-refractivity contribution is 0.640. The van der Waals surface area contributed by atoms with E-state index in [9.17, 15) is 4.39 Å². The molecule has 0 atom stereocenters. The molecule has 0 aromatic heterocycles. The van der Waals surface area contributed by atoms with Crippen molar-refractivity contribution in [2.45, 2.75) is 0 Å². The van der Waals surface area contributed by atoms with Crippen LogP contribution < -0.4 is 0 Å². The molecule has 0 heterocycles. The van der Waals surface area contributed by atoms with Gasteiger partial charge in [-0.05, 0) is 39.1 Å². The van der Waals surface area contributed by atoms with Crippen LogP contribution in [0, 0.1) is 5.82 Å². The van der Waals surface area contributed by atoms with Crippen molar-refractivity contribution < 1.29 is 4.39 Å². The van der Waals surface area contributed by atoms with E-state index in [1.54, 1.807) is 6.07 Å². The number of hydrogen-bond acceptors (Lipinski definition) is 0. The Morgan fingerprint density at radius 1 is 0.571 bits per heavy atom. The van der Waals surface area contributed by atoms with E-state index in [4.69, 9.17) is 0 Å². The molecule has 4 aromatic rings. The maximum absolute atomic E-state index is 14.1. The smallest absolute Gasteiger partial charge is 0.131 e. The molecule has 0 fully saturated rings. The molecular formula is C20H11F. The monoisotopic (exact) mass is 270 g/mol. The van der Waals surface area contributed by atoms with Crippen molar-refractivity contribution in [1.29, 1.82) is 0 Å². The summed E-state index contributed by atoms with van der Waals surface area (Å²) in [6.07, 6.45) is 0. The van der Waals surface area contributed by atoms with Crippen LogP contribution in [-0.2, 0) is 0 Å². The Balaban J connectivity index is 2.07. The fourth-order valence-electron chi connectivity index (χ4n) is 3.59. The number of benzene rings is 4. The molecule has 0 saturated carbocycles. The van der Waals surface area contributed by atoms with Crippen molar-refractivity contribution in [2.24, 2.45) is 0 Å². The van der Waals surface area contributed by atoms with Crippen LogP contribution in [0.5, 0.6) is 0 Å². The van der Waals surface area contributed by atoms with Crippen molar-refractivity contribution in [3.8, 4) is 22.3 Å². The summed E-state index contributed by atoms with van der Waals surface area (Å²) in [5.74, 6) is -0.146. The van der Waals surface area contributed by atoms with Gasteiger partial charge in [-0.25, -0.2) is 4.39 Å². The summed E-state index contributed by atoms with van der Waals surface area (Å²) in [5, 5.41) is 4.22. The molecule has 0 radical (unpaired) electrons. The van der Waals surface area contributed by atoms with Gasteiger partial charge in [0.25, 0.3) is 0 Å². The minimum atomic E-state index is -0.146. The van der Waals surface area contributed by atoms with E-state index in [2.05, 4.69) is 42.5 Å². The zero-order chi connectivity index (χ0) is 14.0.